The minimum atomic E-state index is -0.354. The molecule has 6 aromatic rings. The predicted octanol–water partition coefficient (Wildman–Crippen LogP) is 4.55. The summed E-state index contributed by atoms with van der Waals surface area (Å²) < 4.78 is 32.4. The molecule has 0 radical (unpaired) electrons. The molecular formula is C38H35F2N9O3. The second-order valence-electron chi connectivity index (χ2n) is 12.7. The van der Waals surface area contributed by atoms with Crippen molar-refractivity contribution in [2.45, 2.75) is 6.04 Å². The van der Waals surface area contributed by atoms with Crippen LogP contribution in [-0.2, 0) is 4.74 Å². The van der Waals surface area contributed by atoms with Gasteiger partial charge in [0.25, 0.3) is 11.8 Å². The number of ether oxygens (including phenoxy) is 1. The Balaban J connectivity index is 0.000000162. The maximum Gasteiger partial charge on any atom is 0.256 e. The summed E-state index contributed by atoms with van der Waals surface area (Å²) in [6.07, 6.45) is 2.68. The summed E-state index contributed by atoms with van der Waals surface area (Å²) in [5.74, 6) is -0.488. The summed E-state index contributed by atoms with van der Waals surface area (Å²) in [6, 6.07) is 19.4. The lowest BCUT2D eigenvalue weighted by Gasteiger charge is -2.32. The fraction of sp³-hybridized carbons (Fsp3) is 0.211. The summed E-state index contributed by atoms with van der Waals surface area (Å²) in [5.41, 5.74) is 16.5. The summed E-state index contributed by atoms with van der Waals surface area (Å²) in [7, 11) is 2.04. The number of hydrogen-bond acceptors (Lipinski definition) is 10. The highest BCUT2D eigenvalue weighted by Gasteiger charge is 2.25. The van der Waals surface area contributed by atoms with Gasteiger partial charge in [0.1, 0.15) is 35.9 Å². The van der Waals surface area contributed by atoms with E-state index in [1.54, 1.807) is 48.5 Å². The van der Waals surface area contributed by atoms with E-state index in [4.69, 9.17) is 16.2 Å². The smallest absolute Gasteiger partial charge is 0.256 e. The van der Waals surface area contributed by atoms with Gasteiger partial charge >= 0.3 is 0 Å². The highest BCUT2D eigenvalue weighted by molar-refractivity contribution is 6.10. The number of nitrogens with one attached hydrogen (secondary N) is 1. The molecule has 0 aliphatic carbocycles. The first-order valence-electron chi connectivity index (χ1n) is 16.6. The summed E-state index contributed by atoms with van der Waals surface area (Å²) in [5, 5.41) is 4.04. The van der Waals surface area contributed by atoms with E-state index in [9.17, 15) is 18.4 Å². The molecule has 0 atom stereocenters. The molecule has 2 aliphatic rings. The molecule has 264 valence electrons. The van der Waals surface area contributed by atoms with Crippen LogP contribution in [0.3, 0.4) is 0 Å². The Morgan fingerprint density at radius 1 is 0.712 bits per heavy atom. The molecule has 2 amide bonds. The van der Waals surface area contributed by atoms with Crippen LogP contribution in [0.15, 0.2) is 85.5 Å². The van der Waals surface area contributed by atoms with Gasteiger partial charge in [0.05, 0.1) is 41.4 Å². The topological polar surface area (TPSA) is 165 Å². The van der Waals surface area contributed by atoms with Crippen molar-refractivity contribution in [3.8, 4) is 22.3 Å². The molecule has 0 unspecified atom stereocenters. The molecule has 4 heterocycles. The van der Waals surface area contributed by atoms with E-state index in [-0.39, 0.29) is 35.3 Å². The molecule has 2 saturated heterocycles. The van der Waals surface area contributed by atoms with Crippen LogP contribution in [0.1, 0.15) is 20.7 Å². The number of nitrogens with zero attached hydrogens (tertiary/aromatic N) is 6. The fourth-order valence-corrected chi connectivity index (χ4v) is 6.14. The highest BCUT2D eigenvalue weighted by Crippen LogP contribution is 2.31. The quantitative estimate of drug-likeness (QED) is 0.232. The van der Waals surface area contributed by atoms with Gasteiger partial charge in [0.15, 0.2) is 0 Å². The number of carbonyl (C=O) groups excluding carboxylic acids is 2. The van der Waals surface area contributed by atoms with E-state index in [2.05, 4.69) is 30.2 Å². The third kappa shape index (κ3) is 7.20. The molecule has 52 heavy (non-hydrogen) atoms. The molecule has 2 fully saturated rings. The first-order valence-corrected chi connectivity index (χ1v) is 16.6. The molecule has 8 rings (SSSR count). The molecule has 5 N–H and O–H groups in total. The molecule has 12 nitrogen and oxygen atoms in total. The maximum atomic E-state index is 13.7. The van der Waals surface area contributed by atoms with Crippen molar-refractivity contribution in [3.63, 3.8) is 0 Å². The van der Waals surface area contributed by atoms with Crippen LogP contribution in [0, 0.1) is 11.6 Å². The molecule has 2 aromatic heterocycles. The van der Waals surface area contributed by atoms with E-state index in [1.165, 1.54) is 36.9 Å². The van der Waals surface area contributed by atoms with Crippen LogP contribution in [0.25, 0.3) is 44.1 Å². The largest absolute Gasteiger partial charge is 0.383 e. The lowest BCUT2D eigenvalue weighted by atomic mass is 9.98. The number of anilines is 2. The first-order chi connectivity index (χ1) is 25.1. The Morgan fingerprint density at radius 2 is 1.23 bits per heavy atom. The van der Waals surface area contributed by atoms with Gasteiger partial charge < -0.3 is 31.3 Å². The van der Waals surface area contributed by atoms with E-state index in [0.29, 0.717) is 87.3 Å². The SMILES string of the molecule is CN1CCN(C(=O)c2cc(-c3cccc(F)c3)cc3c(N)ncnc23)CC1.Nc1ncnc2c(C(=O)NC3COC3)cc(-c3cccc(F)c3)cc12. The van der Waals surface area contributed by atoms with E-state index < -0.39 is 0 Å². The number of rotatable bonds is 5. The van der Waals surface area contributed by atoms with E-state index in [0.717, 1.165) is 13.1 Å². The fourth-order valence-electron chi connectivity index (χ4n) is 6.14. The lowest BCUT2D eigenvalue weighted by molar-refractivity contribution is -0.00343. The predicted molar refractivity (Wildman–Crippen MR) is 194 cm³/mol. The van der Waals surface area contributed by atoms with Crippen molar-refractivity contribution in [2.75, 3.05) is 57.9 Å². The molecule has 0 spiro atoms. The van der Waals surface area contributed by atoms with Crippen molar-refractivity contribution in [1.29, 1.82) is 0 Å². The van der Waals surface area contributed by atoms with Crippen molar-refractivity contribution in [1.82, 2.24) is 35.1 Å². The van der Waals surface area contributed by atoms with Crippen molar-refractivity contribution >= 4 is 45.3 Å². The maximum absolute atomic E-state index is 13.7. The Labute approximate surface area is 297 Å². The third-order valence-corrected chi connectivity index (χ3v) is 9.09. The van der Waals surface area contributed by atoms with Crippen molar-refractivity contribution in [3.05, 3.63) is 108 Å². The number of halogens is 2. The zero-order valence-electron chi connectivity index (χ0n) is 28.2. The normalized spacial score (nSPS) is 14.8. The minimum absolute atomic E-state index is 0.0143. The number of fused-ring (bicyclic) bond motifs is 2. The van der Waals surface area contributed by atoms with Crippen molar-refractivity contribution in [2.24, 2.45) is 0 Å². The molecule has 2 aliphatic heterocycles. The second kappa shape index (κ2) is 14.6. The number of nitrogen functional groups attached to an aromatic ring is 2. The van der Waals surface area contributed by atoms with Crippen LogP contribution in [0.5, 0.6) is 0 Å². The second-order valence-corrected chi connectivity index (χ2v) is 12.7. The Kier molecular flexibility index (Phi) is 9.65. The lowest BCUT2D eigenvalue weighted by Crippen LogP contribution is -2.48. The molecule has 4 aromatic carbocycles. The van der Waals surface area contributed by atoms with Gasteiger partial charge in [0, 0.05) is 37.0 Å². The highest BCUT2D eigenvalue weighted by atomic mass is 19.1. The summed E-state index contributed by atoms with van der Waals surface area (Å²) in [6.45, 7) is 3.94. The minimum Gasteiger partial charge on any atom is -0.383 e. The number of aromatic nitrogens is 4. The first kappa shape index (κ1) is 34.3. The summed E-state index contributed by atoms with van der Waals surface area (Å²) >= 11 is 0. The number of hydrogen-bond donors (Lipinski definition) is 3. The molecule has 14 heteroatoms. The average Bonchev–Trinajstić information content (AvgIpc) is 3.13. The monoisotopic (exact) mass is 703 g/mol. The molecular weight excluding hydrogens is 668 g/mol. The average molecular weight is 704 g/mol. The van der Waals surface area contributed by atoms with Gasteiger partial charge in [-0.2, -0.15) is 0 Å². The Hall–Kier alpha value is -6.12. The van der Waals surface area contributed by atoms with Gasteiger partial charge in [-0.15, -0.1) is 0 Å². The number of nitrogens with two attached hydrogens (primary N) is 2. The zero-order chi connectivity index (χ0) is 36.4. The molecule has 0 saturated carbocycles. The number of piperazine rings is 1. The number of likely N-dealkylation sites (N-methyl/N-ethyl adjacent to an activating group) is 1. The van der Waals surface area contributed by atoms with Crippen LogP contribution in [0.2, 0.25) is 0 Å². The Bertz CT molecular complexity index is 2310. The van der Waals surface area contributed by atoms with Crippen LogP contribution in [-0.4, -0.2) is 94.0 Å². The van der Waals surface area contributed by atoms with Crippen molar-refractivity contribution < 1.29 is 23.1 Å². The van der Waals surface area contributed by atoms with Crippen LogP contribution in [0.4, 0.5) is 20.4 Å². The zero-order valence-corrected chi connectivity index (χ0v) is 28.2. The van der Waals surface area contributed by atoms with E-state index in [1.807, 2.05) is 11.9 Å². The van der Waals surface area contributed by atoms with E-state index >= 15 is 0 Å². The third-order valence-electron chi connectivity index (χ3n) is 9.09. The number of carbonyl (C=O) groups is 2. The molecule has 0 bridgehead atoms. The number of amides is 2. The Morgan fingerprint density at radius 3 is 1.73 bits per heavy atom. The summed E-state index contributed by atoms with van der Waals surface area (Å²) in [4.78, 5) is 46.4. The van der Waals surface area contributed by atoms with Gasteiger partial charge in [-0.25, -0.2) is 28.7 Å². The van der Waals surface area contributed by atoms with Gasteiger partial charge in [-0.1, -0.05) is 24.3 Å². The van der Waals surface area contributed by atoms with Crippen LogP contribution < -0.4 is 16.8 Å². The standard InChI is InChI=1S/C20H20FN5O.C18H15FN4O2/c1-25-5-7-26(8-6-25)20(27)17-11-14(13-3-2-4-15(21)9-13)10-16-18(17)23-12-24-19(16)22;19-12-3-1-2-10(4-12)11-5-14-16(21-9-22-17(14)20)15(6-11)18(24)23-13-7-25-8-13/h2-4,9-12H,5-8H2,1H3,(H2,22,23,24);1-6,9,13H,7-8H2,(H,23,24)(H2,20,21,22). The van der Waals surface area contributed by atoms with Gasteiger partial charge in [0.2, 0.25) is 0 Å². The van der Waals surface area contributed by atoms with Gasteiger partial charge in [-0.3, -0.25) is 9.59 Å². The van der Waals surface area contributed by atoms with Crippen LogP contribution >= 0.6 is 0 Å². The number of benzene rings is 4. The van der Waals surface area contributed by atoms with Gasteiger partial charge in [-0.05, 0) is 77.8 Å².